The van der Waals surface area contributed by atoms with Crippen molar-refractivity contribution in [3.05, 3.63) is 24.3 Å². The Hall–Kier alpha value is -1.31. The van der Waals surface area contributed by atoms with Gasteiger partial charge in [0.25, 0.3) is 0 Å². The van der Waals surface area contributed by atoms with E-state index in [-0.39, 0.29) is 24.2 Å². The van der Waals surface area contributed by atoms with Gasteiger partial charge >= 0.3 is 0 Å². The first-order valence-corrected chi connectivity index (χ1v) is 8.85. The lowest BCUT2D eigenvalue weighted by atomic mass is 9.92. The Balaban J connectivity index is 0.00000242. The number of carbonyl (C=O) groups is 1. The van der Waals surface area contributed by atoms with E-state index in [1.54, 1.807) is 24.3 Å². The van der Waals surface area contributed by atoms with E-state index in [1.807, 2.05) is 0 Å². The molecule has 0 aromatic heterocycles. The highest BCUT2D eigenvalue weighted by molar-refractivity contribution is 7.92. The van der Waals surface area contributed by atoms with Crippen LogP contribution in [0.5, 0.6) is 0 Å². The monoisotopic (exact) mass is 347 g/mol. The first kappa shape index (κ1) is 18.7. The van der Waals surface area contributed by atoms with E-state index in [9.17, 15) is 13.2 Å². The number of hydrogen-bond acceptors (Lipinski definition) is 4. The summed E-state index contributed by atoms with van der Waals surface area (Å²) in [6.45, 7) is 2.91. The van der Waals surface area contributed by atoms with E-state index in [4.69, 9.17) is 0 Å². The smallest absolute Gasteiger partial charge is 0.229 e. The number of piperidine rings is 1. The van der Waals surface area contributed by atoms with E-state index in [0.29, 0.717) is 17.4 Å². The summed E-state index contributed by atoms with van der Waals surface area (Å²) in [6, 6.07) is 7.05. The molecule has 0 saturated carbocycles. The quantitative estimate of drug-likeness (QED) is 0.775. The second-order valence-corrected chi connectivity index (χ2v) is 7.27. The fourth-order valence-corrected chi connectivity index (χ4v) is 3.04. The van der Waals surface area contributed by atoms with Crippen LogP contribution in [0.1, 0.15) is 19.8 Å². The Kier molecular flexibility index (Phi) is 6.65. The molecule has 1 aromatic rings. The highest BCUT2D eigenvalue weighted by atomic mass is 35.5. The second-order valence-electron chi connectivity index (χ2n) is 5.52. The van der Waals surface area contributed by atoms with Crippen molar-refractivity contribution in [2.45, 2.75) is 25.8 Å². The van der Waals surface area contributed by atoms with Gasteiger partial charge in [0, 0.05) is 17.6 Å². The normalized spacial score (nSPS) is 21.5. The molecule has 2 rings (SSSR count). The van der Waals surface area contributed by atoms with Crippen molar-refractivity contribution in [3.8, 4) is 0 Å². The van der Waals surface area contributed by atoms with Crippen LogP contribution in [0.25, 0.3) is 0 Å². The van der Waals surface area contributed by atoms with Crippen LogP contribution in [-0.2, 0) is 14.8 Å². The van der Waals surface area contributed by atoms with E-state index in [1.165, 1.54) is 0 Å². The molecule has 1 aliphatic rings. The molecule has 1 heterocycles. The van der Waals surface area contributed by atoms with E-state index >= 15 is 0 Å². The number of carbonyl (C=O) groups excluding carboxylic acids is 1. The van der Waals surface area contributed by atoms with Gasteiger partial charge < -0.3 is 10.6 Å². The summed E-state index contributed by atoms with van der Waals surface area (Å²) in [7, 11) is -3.32. The average Bonchev–Trinajstić information content (AvgIpc) is 2.37. The zero-order valence-electron chi connectivity index (χ0n) is 12.6. The molecule has 6 nitrogen and oxygen atoms in total. The summed E-state index contributed by atoms with van der Waals surface area (Å²) in [5.74, 6) is -0.0207. The Morgan fingerprint density at radius 2 is 2.00 bits per heavy atom. The maximum absolute atomic E-state index is 12.2. The van der Waals surface area contributed by atoms with E-state index in [2.05, 4.69) is 22.3 Å². The van der Waals surface area contributed by atoms with Gasteiger partial charge in [0.2, 0.25) is 15.9 Å². The van der Waals surface area contributed by atoms with Gasteiger partial charge in [0.15, 0.2) is 0 Å². The van der Waals surface area contributed by atoms with Crippen molar-refractivity contribution in [1.29, 1.82) is 0 Å². The Morgan fingerprint density at radius 1 is 1.32 bits per heavy atom. The first-order chi connectivity index (χ1) is 9.83. The summed E-state index contributed by atoms with van der Waals surface area (Å²) >= 11 is 0. The number of halogens is 1. The average molecular weight is 348 g/mol. The van der Waals surface area contributed by atoms with Crippen LogP contribution in [0.15, 0.2) is 24.3 Å². The third kappa shape index (κ3) is 5.82. The minimum absolute atomic E-state index is 0. The van der Waals surface area contributed by atoms with Crippen LogP contribution < -0.4 is 15.4 Å². The molecule has 3 N–H and O–H groups in total. The molecule has 0 bridgehead atoms. The molecule has 0 radical (unpaired) electrons. The maximum Gasteiger partial charge on any atom is 0.229 e. The molecule has 0 unspecified atom stereocenters. The van der Waals surface area contributed by atoms with Crippen LogP contribution >= 0.6 is 12.4 Å². The number of rotatable bonds is 4. The van der Waals surface area contributed by atoms with Crippen LogP contribution in [-0.4, -0.2) is 33.2 Å². The molecular formula is C14H22ClN3O3S. The maximum atomic E-state index is 12.2. The number of hydrogen-bond donors (Lipinski definition) is 3. The number of benzene rings is 1. The first-order valence-electron chi connectivity index (χ1n) is 6.95. The Labute approximate surface area is 137 Å². The molecule has 1 aliphatic heterocycles. The standard InChI is InChI=1S/C14H21N3O3S.ClH/c1-10-8-11(6-7-15-10)14(18)16-12-4-3-5-13(9-12)17-21(2,19)20;/h3-5,9-11,15,17H,6-8H2,1-2H3,(H,16,18);1H/t10-,11-;/m0./s1. The molecule has 1 saturated heterocycles. The van der Waals surface area contributed by atoms with Crippen LogP contribution in [0.4, 0.5) is 11.4 Å². The zero-order chi connectivity index (χ0) is 15.5. The summed E-state index contributed by atoms with van der Waals surface area (Å²) in [5.41, 5.74) is 1.04. The van der Waals surface area contributed by atoms with Crippen molar-refractivity contribution in [2.24, 2.45) is 5.92 Å². The highest BCUT2D eigenvalue weighted by Crippen LogP contribution is 2.20. The fraction of sp³-hybridized carbons (Fsp3) is 0.500. The van der Waals surface area contributed by atoms with Gasteiger partial charge in [-0.05, 0) is 44.5 Å². The number of anilines is 2. The fourth-order valence-electron chi connectivity index (χ4n) is 2.49. The van der Waals surface area contributed by atoms with Gasteiger partial charge in [-0.15, -0.1) is 12.4 Å². The topological polar surface area (TPSA) is 87.3 Å². The zero-order valence-corrected chi connectivity index (χ0v) is 14.3. The van der Waals surface area contributed by atoms with E-state index < -0.39 is 10.0 Å². The number of amides is 1. The molecule has 8 heteroatoms. The Morgan fingerprint density at radius 3 is 2.64 bits per heavy atom. The molecule has 1 amide bonds. The van der Waals surface area contributed by atoms with Gasteiger partial charge in [-0.3, -0.25) is 9.52 Å². The second kappa shape index (κ2) is 7.80. The Bertz CT molecular complexity index is 622. The third-order valence-electron chi connectivity index (χ3n) is 3.43. The van der Waals surface area contributed by atoms with Gasteiger partial charge in [-0.1, -0.05) is 6.07 Å². The van der Waals surface area contributed by atoms with Gasteiger partial charge in [-0.2, -0.15) is 0 Å². The summed E-state index contributed by atoms with van der Waals surface area (Å²) in [4.78, 5) is 12.2. The minimum atomic E-state index is -3.32. The number of nitrogens with one attached hydrogen (secondary N) is 3. The lowest BCUT2D eigenvalue weighted by Crippen LogP contribution is -2.40. The molecule has 2 atom stereocenters. The lowest BCUT2D eigenvalue weighted by molar-refractivity contribution is -0.120. The highest BCUT2D eigenvalue weighted by Gasteiger charge is 2.24. The molecule has 0 aliphatic carbocycles. The van der Waals surface area contributed by atoms with Crippen molar-refractivity contribution in [2.75, 3.05) is 22.8 Å². The molecule has 22 heavy (non-hydrogen) atoms. The molecule has 1 aromatic carbocycles. The SMILES string of the molecule is C[C@H]1C[C@@H](C(=O)Nc2cccc(NS(C)(=O)=O)c2)CCN1.Cl. The summed E-state index contributed by atoms with van der Waals surface area (Å²) in [5, 5.41) is 6.17. The van der Waals surface area contributed by atoms with Crippen molar-refractivity contribution in [3.63, 3.8) is 0 Å². The van der Waals surface area contributed by atoms with Gasteiger partial charge in [0.05, 0.1) is 11.9 Å². The van der Waals surface area contributed by atoms with Crippen LogP contribution in [0.3, 0.4) is 0 Å². The third-order valence-corrected chi connectivity index (χ3v) is 4.03. The summed E-state index contributed by atoms with van der Waals surface area (Å²) < 4.78 is 24.8. The number of sulfonamides is 1. The lowest BCUT2D eigenvalue weighted by Gasteiger charge is -2.27. The van der Waals surface area contributed by atoms with Crippen LogP contribution in [0, 0.1) is 5.92 Å². The van der Waals surface area contributed by atoms with Crippen molar-refractivity contribution >= 4 is 39.7 Å². The largest absolute Gasteiger partial charge is 0.326 e. The molecule has 0 spiro atoms. The molecular weight excluding hydrogens is 326 g/mol. The predicted molar refractivity (Wildman–Crippen MR) is 91.0 cm³/mol. The molecule has 124 valence electrons. The van der Waals surface area contributed by atoms with Crippen molar-refractivity contribution in [1.82, 2.24) is 5.32 Å². The van der Waals surface area contributed by atoms with Crippen LogP contribution in [0.2, 0.25) is 0 Å². The summed E-state index contributed by atoms with van der Waals surface area (Å²) in [6.07, 6.45) is 2.72. The van der Waals surface area contributed by atoms with Gasteiger partial charge in [0.1, 0.15) is 0 Å². The minimum Gasteiger partial charge on any atom is -0.326 e. The predicted octanol–water partition coefficient (Wildman–Crippen LogP) is 1.81. The van der Waals surface area contributed by atoms with E-state index in [0.717, 1.165) is 25.6 Å². The van der Waals surface area contributed by atoms with Gasteiger partial charge in [-0.25, -0.2) is 8.42 Å². The van der Waals surface area contributed by atoms with Crippen molar-refractivity contribution < 1.29 is 13.2 Å². The molecule has 1 fully saturated rings.